The molecule has 0 saturated heterocycles. The maximum Gasteiger partial charge on any atom is 0.253 e. The van der Waals surface area contributed by atoms with Gasteiger partial charge in [0.05, 0.1) is 22.4 Å². The molecule has 6 heteroatoms. The van der Waals surface area contributed by atoms with Gasteiger partial charge in [-0.2, -0.15) is 0 Å². The highest BCUT2D eigenvalue weighted by Gasteiger charge is 2.55. The highest BCUT2D eigenvalue weighted by molar-refractivity contribution is 7.00. The van der Waals surface area contributed by atoms with Crippen molar-refractivity contribution >= 4 is 51.2 Å². The van der Waals surface area contributed by atoms with Crippen LogP contribution in [-0.2, 0) is 10.8 Å². The van der Waals surface area contributed by atoms with Crippen LogP contribution < -0.4 is 30.8 Å². The van der Waals surface area contributed by atoms with Crippen LogP contribution in [0.15, 0.2) is 48.5 Å². The molecular weight excluding hydrogens is 505 g/mol. The summed E-state index contributed by atoms with van der Waals surface area (Å²) in [5.74, 6) is 4.63. The van der Waals surface area contributed by atoms with E-state index in [0.717, 1.165) is 45.6 Å². The van der Waals surface area contributed by atoms with E-state index in [1.54, 1.807) is 11.1 Å². The Kier molecular flexibility index (Phi) is 3.33. The first kappa shape index (κ1) is 21.5. The number of aryl methyl sites for hydroxylation is 2. The number of benzene rings is 4. The number of ether oxygens (including phenoxy) is 2. The average molecular weight is 533 g/mol. The molecule has 0 amide bonds. The first-order valence-electron chi connectivity index (χ1n) is 15.0. The maximum absolute atomic E-state index is 6.78. The molecule has 0 spiro atoms. The minimum absolute atomic E-state index is 0.0883. The molecule has 0 atom stereocenters. The van der Waals surface area contributed by atoms with E-state index in [1.807, 2.05) is 6.07 Å². The SMILES string of the molecule is Cc1cc2c3c4c1Oc1cccc5c1N4c1c(cccc1B3c1c3c(cc4nc(C)n-2c14)C1(C)CCC3(C)CC1)O5. The Bertz CT molecular complexity index is 2130. The van der Waals surface area contributed by atoms with Gasteiger partial charge in [-0.3, -0.25) is 9.47 Å². The Morgan fingerprint density at radius 2 is 1.51 bits per heavy atom. The number of hydrogen-bond acceptors (Lipinski definition) is 4. The predicted molar refractivity (Wildman–Crippen MR) is 163 cm³/mol. The molecule has 5 aromatic rings. The zero-order chi connectivity index (χ0) is 27.2. The van der Waals surface area contributed by atoms with Crippen molar-refractivity contribution < 1.29 is 9.47 Å². The number of nitrogens with zero attached hydrogens (tertiary/aromatic N) is 3. The minimum Gasteiger partial charge on any atom is -0.453 e. The van der Waals surface area contributed by atoms with Crippen molar-refractivity contribution in [3.05, 3.63) is 71.0 Å². The molecule has 2 bridgehead atoms. The average Bonchev–Trinajstić information content (AvgIpc) is 3.31. The summed E-state index contributed by atoms with van der Waals surface area (Å²) in [5, 5.41) is 0. The van der Waals surface area contributed by atoms with E-state index < -0.39 is 0 Å². The van der Waals surface area contributed by atoms with Gasteiger partial charge in [-0.15, -0.1) is 0 Å². The number of hydrogen-bond donors (Lipinski definition) is 0. The molecule has 41 heavy (non-hydrogen) atoms. The van der Waals surface area contributed by atoms with E-state index in [2.05, 4.69) is 79.6 Å². The van der Waals surface area contributed by atoms with Crippen molar-refractivity contribution in [1.29, 1.82) is 0 Å². The Morgan fingerprint density at radius 3 is 2.32 bits per heavy atom. The van der Waals surface area contributed by atoms with Crippen molar-refractivity contribution in [2.75, 3.05) is 4.90 Å². The Hall–Kier alpha value is -4.19. The van der Waals surface area contributed by atoms with Crippen molar-refractivity contribution in [2.24, 2.45) is 0 Å². The third-order valence-electron chi connectivity index (χ3n) is 11.5. The number of rotatable bonds is 0. The molecule has 0 unspecified atom stereocenters. The smallest absolute Gasteiger partial charge is 0.253 e. The standard InChI is InChI=1S/C35H28BN3O2/c1-17-15-22-27-32-33(17)41-25-10-6-9-24-31(25)39(32)29-20(7-5-8-23(29)40-24)36(27)28-26-19(16-21-30(28)38(22)18(2)37-21)34(3)11-13-35(26,4)14-12-34/h5-10,15-16H,11-14H2,1-4H3. The highest BCUT2D eigenvalue weighted by Crippen LogP contribution is 2.62. The van der Waals surface area contributed by atoms with E-state index in [0.29, 0.717) is 0 Å². The van der Waals surface area contributed by atoms with Gasteiger partial charge in [-0.05, 0) is 114 Å². The van der Waals surface area contributed by atoms with Gasteiger partial charge >= 0.3 is 0 Å². The van der Waals surface area contributed by atoms with Crippen LogP contribution in [0.25, 0.3) is 16.7 Å². The number of para-hydroxylation sites is 2. The third kappa shape index (κ3) is 2.16. The molecule has 0 N–H and O–H groups in total. The molecule has 0 radical (unpaired) electrons. The quantitative estimate of drug-likeness (QED) is 0.207. The van der Waals surface area contributed by atoms with Gasteiger partial charge in [0, 0.05) is 5.69 Å². The van der Waals surface area contributed by atoms with Gasteiger partial charge in [-0.1, -0.05) is 32.0 Å². The molecule has 4 aromatic carbocycles. The second-order valence-electron chi connectivity index (χ2n) is 13.8. The first-order chi connectivity index (χ1) is 19.9. The van der Waals surface area contributed by atoms with E-state index in [9.17, 15) is 0 Å². The van der Waals surface area contributed by atoms with Crippen LogP contribution in [0, 0.1) is 13.8 Å². The minimum atomic E-state index is 0.0883. The molecule has 4 aliphatic heterocycles. The first-order valence-corrected chi connectivity index (χ1v) is 15.0. The molecule has 3 aliphatic carbocycles. The molecule has 1 fully saturated rings. The molecule has 1 aromatic heterocycles. The van der Waals surface area contributed by atoms with E-state index >= 15 is 0 Å². The topological polar surface area (TPSA) is 39.5 Å². The van der Waals surface area contributed by atoms with Gasteiger partial charge in [0.2, 0.25) is 0 Å². The summed E-state index contributed by atoms with van der Waals surface area (Å²) >= 11 is 0. The van der Waals surface area contributed by atoms with E-state index in [4.69, 9.17) is 14.5 Å². The molecule has 5 heterocycles. The van der Waals surface area contributed by atoms with Crippen LogP contribution in [0.5, 0.6) is 23.0 Å². The van der Waals surface area contributed by atoms with E-state index in [-0.39, 0.29) is 17.5 Å². The van der Waals surface area contributed by atoms with Gasteiger partial charge in [0.25, 0.3) is 6.71 Å². The summed E-state index contributed by atoms with van der Waals surface area (Å²) in [4.78, 5) is 7.72. The fourth-order valence-electron chi connectivity index (χ4n) is 9.56. The van der Waals surface area contributed by atoms with Crippen LogP contribution in [0.2, 0.25) is 0 Å². The zero-order valence-electron chi connectivity index (χ0n) is 23.7. The molecule has 198 valence electrons. The number of imidazole rings is 1. The van der Waals surface area contributed by atoms with Crippen LogP contribution >= 0.6 is 0 Å². The Labute approximate surface area is 238 Å². The summed E-state index contributed by atoms with van der Waals surface area (Å²) < 4.78 is 15.9. The second-order valence-corrected chi connectivity index (χ2v) is 13.8. The third-order valence-corrected chi connectivity index (χ3v) is 11.5. The van der Waals surface area contributed by atoms with Crippen LogP contribution in [0.4, 0.5) is 17.1 Å². The molecular formula is C35H28BN3O2. The molecule has 5 nitrogen and oxygen atoms in total. The predicted octanol–water partition coefficient (Wildman–Crippen LogP) is 6.57. The van der Waals surface area contributed by atoms with Gasteiger partial charge < -0.3 is 9.47 Å². The van der Waals surface area contributed by atoms with Gasteiger partial charge in [0.1, 0.15) is 11.5 Å². The summed E-state index contributed by atoms with van der Waals surface area (Å²) in [6, 6.07) is 17.6. The number of anilines is 3. The lowest BCUT2D eigenvalue weighted by atomic mass is 9.31. The van der Waals surface area contributed by atoms with Crippen molar-refractivity contribution in [1.82, 2.24) is 9.55 Å². The number of aromatic nitrogens is 2. The summed E-state index contributed by atoms with van der Waals surface area (Å²) in [7, 11) is 0. The monoisotopic (exact) mass is 533 g/mol. The zero-order valence-corrected chi connectivity index (χ0v) is 23.7. The summed E-state index contributed by atoms with van der Waals surface area (Å²) in [6.07, 6.45) is 5.00. The van der Waals surface area contributed by atoms with Crippen LogP contribution in [0.3, 0.4) is 0 Å². The largest absolute Gasteiger partial charge is 0.453 e. The van der Waals surface area contributed by atoms with Gasteiger partial charge in [-0.25, -0.2) is 4.98 Å². The fourth-order valence-corrected chi connectivity index (χ4v) is 9.56. The normalized spacial score (nSPS) is 24.2. The lowest BCUT2D eigenvalue weighted by Crippen LogP contribution is -2.64. The Morgan fingerprint density at radius 1 is 0.805 bits per heavy atom. The molecule has 12 rings (SSSR count). The Balaban J connectivity index is 1.38. The summed E-state index contributed by atoms with van der Waals surface area (Å²) in [6.45, 7) is 9.48. The molecule has 1 saturated carbocycles. The van der Waals surface area contributed by atoms with Crippen LogP contribution in [0.1, 0.15) is 62.0 Å². The van der Waals surface area contributed by atoms with E-state index in [1.165, 1.54) is 64.7 Å². The number of fused-ring (bicyclic) bond motifs is 5. The second kappa shape index (κ2) is 6.33. The van der Waals surface area contributed by atoms with Crippen molar-refractivity contribution in [3.63, 3.8) is 0 Å². The van der Waals surface area contributed by atoms with Crippen molar-refractivity contribution in [3.8, 4) is 28.7 Å². The highest BCUT2D eigenvalue weighted by atomic mass is 16.5. The summed E-state index contributed by atoms with van der Waals surface area (Å²) in [5.41, 5.74) is 15.8. The fraction of sp³-hybridized carbons (Fsp3) is 0.286. The molecule has 7 aliphatic rings. The lowest BCUT2D eigenvalue weighted by molar-refractivity contribution is 0.189. The van der Waals surface area contributed by atoms with Gasteiger partial charge in [0.15, 0.2) is 23.0 Å². The maximum atomic E-state index is 6.78. The lowest BCUT2D eigenvalue weighted by Gasteiger charge is -2.54. The van der Waals surface area contributed by atoms with Crippen LogP contribution in [-0.4, -0.2) is 16.3 Å². The van der Waals surface area contributed by atoms with Crippen molar-refractivity contribution in [2.45, 2.75) is 64.2 Å².